The van der Waals surface area contributed by atoms with E-state index < -0.39 is 34.2 Å². The summed E-state index contributed by atoms with van der Waals surface area (Å²) in [6.07, 6.45) is -0.557. The summed E-state index contributed by atoms with van der Waals surface area (Å²) in [5, 5.41) is 35.9. The van der Waals surface area contributed by atoms with Gasteiger partial charge >= 0.3 is 53.1 Å². The second kappa shape index (κ2) is 17.5. The normalized spacial score (nSPS) is 12.3. The van der Waals surface area contributed by atoms with Crippen molar-refractivity contribution in [3.63, 3.8) is 0 Å². The van der Waals surface area contributed by atoms with E-state index in [-0.39, 0.29) is 57.9 Å². The van der Waals surface area contributed by atoms with E-state index in [1.807, 2.05) is 0 Å². The van der Waals surface area contributed by atoms with Crippen molar-refractivity contribution in [1.82, 2.24) is 0 Å². The Hall–Kier alpha value is 0.127. The number of halogens is 2. The molecule has 0 aromatic heterocycles. The van der Waals surface area contributed by atoms with E-state index in [1.165, 1.54) is 27.7 Å². The van der Waals surface area contributed by atoms with E-state index in [1.54, 1.807) is 0 Å². The number of hydrogen-bond acceptors (Lipinski definition) is 13. The fourth-order valence-electron chi connectivity index (χ4n) is 1.26. The molecule has 0 amide bonds. The zero-order valence-electron chi connectivity index (χ0n) is 17.0. The van der Waals surface area contributed by atoms with E-state index >= 15 is 0 Å². The molecule has 0 saturated heterocycles. The molecule has 0 aliphatic heterocycles. The van der Waals surface area contributed by atoms with Crippen LogP contribution in [0.25, 0.3) is 0 Å². The molecule has 0 radical (unpaired) electrons. The van der Waals surface area contributed by atoms with Gasteiger partial charge in [-0.1, -0.05) is 0 Å². The number of hydrogen-bond donors (Lipinski definition) is 5. The van der Waals surface area contributed by atoms with Crippen molar-refractivity contribution < 1.29 is 75.1 Å². The van der Waals surface area contributed by atoms with E-state index in [2.05, 4.69) is 18.1 Å². The molecule has 0 aromatic carbocycles. The molecule has 0 spiro atoms. The first-order chi connectivity index (χ1) is 13.9. The fraction of sp³-hybridized carbons (Fsp3) is 0.833. The standard InChI is InChI=1S/2C6H13O6P.F2HO2P.Li.H/c2*1-3-11-13(10,12-4-2)6(8,9)5-7;1-5(2,3)4;;/h2*5,8-9H,3-4H2,1-2H3;(H,3,4);;. The summed E-state index contributed by atoms with van der Waals surface area (Å²) in [7, 11) is -14.0. The fourth-order valence-corrected chi connectivity index (χ4v) is 3.79. The third-order valence-corrected chi connectivity index (χ3v) is 6.53. The van der Waals surface area contributed by atoms with Crippen LogP contribution in [0.4, 0.5) is 8.39 Å². The molecule has 0 saturated carbocycles. The second-order valence-corrected chi connectivity index (χ2v) is 9.92. The molecule has 0 heterocycles. The summed E-state index contributed by atoms with van der Waals surface area (Å²) in [4.78, 5) is 27.1. The molecule has 0 rings (SSSR count). The first-order valence-corrected chi connectivity index (χ1v) is 12.7. The minimum absolute atomic E-state index is 0. The minimum atomic E-state index is -5.64. The average molecular weight is 534 g/mol. The van der Waals surface area contributed by atoms with E-state index in [9.17, 15) is 27.1 Å². The van der Waals surface area contributed by atoms with E-state index in [4.69, 9.17) is 29.9 Å². The third-order valence-electron chi connectivity index (χ3n) is 2.32. The van der Waals surface area contributed by atoms with E-state index in [0.29, 0.717) is 0 Å². The van der Waals surface area contributed by atoms with Crippen LogP contribution in [-0.4, -0.2) is 94.2 Å². The molecular weight excluding hydrogens is 506 g/mol. The molecule has 32 heavy (non-hydrogen) atoms. The number of aliphatic hydroxyl groups is 4. The maximum atomic E-state index is 11.5. The van der Waals surface area contributed by atoms with Crippen molar-refractivity contribution >= 4 is 54.6 Å². The van der Waals surface area contributed by atoms with Crippen molar-refractivity contribution in [3.8, 4) is 0 Å². The summed E-state index contributed by atoms with van der Waals surface area (Å²) >= 11 is 0. The molecule has 0 aliphatic carbocycles. The van der Waals surface area contributed by atoms with Crippen LogP contribution in [0.1, 0.15) is 27.7 Å². The number of aldehydes is 2. The Balaban J connectivity index is -0.000000198. The number of carbonyl (C=O) groups is 2. The molecule has 20 heteroatoms. The quantitative estimate of drug-likeness (QED) is 0.0999. The van der Waals surface area contributed by atoms with Crippen molar-refractivity contribution in [2.24, 2.45) is 0 Å². The monoisotopic (exact) mass is 534 g/mol. The van der Waals surface area contributed by atoms with Gasteiger partial charge in [0.05, 0.1) is 26.4 Å². The Labute approximate surface area is 195 Å². The maximum absolute atomic E-state index is 11.5. The topological polar surface area (TPSA) is 223 Å². The van der Waals surface area contributed by atoms with Gasteiger partial charge in [-0.15, -0.1) is 8.39 Å². The van der Waals surface area contributed by atoms with Gasteiger partial charge in [0.2, 0.25) is 0 Å². The molecule has 14 nitrogen and oxygen atoms in total. The molecule has 190 valence electrons. The molecular formula is C12H28F2LiO14P3. The zero-order chi connectivity index (χ0) is 25.6. The van der Waals surface area contributed by atoms with Crippen LogP contribution in [0.5, 0.6) is 0 Å². The van der Waals surface area contributed by atoms with Gasteiger partial charge in [-0.2, -0.15) is 0 Å². The van der Waals surface area contributed by atoms with Crippen molar-refractivity contribution in [1.29, 1.82) is 0 Å². The Morgan fingerprint density at radius 3 is 0.938 bits per heavy atom. The average Bonchev–Trinajstić information content (AvgIpc) is 2.61. The van der Waals surface area contributed by atoms with Gasteiger partial charge in [-0.3, -0.25) is 23.6 Å². The summed E-state index contributed by atoms with van der Waals surface area (Å²) in [6.45, 7) is 5.78. The first-order valence-electron chi connectivity index (χ1n) is 8.19. The first kappa shape index (κ1) is 39.3. The van der Waals surface area contributed by atoms with Crippen LogP contribution in [0.15, 0.2) is 0 Å². The SMILES string of the molecule is CCOP(=O)(OCC)C(O)(O)C=O.CCOP(=O)(OCC)C(O)(O)C=O.O=P(O)(F)F.[LiH]. The van der Waals surface area contributed by atoms with Crippen molar-refractivity contribution in [2.75, 3.05) is 26.4 Å². The summed E-state index contributed by atoms with van der Waals surface area (Å²) in [5.41, 5.74) is -6.14. The van der Waals surface area contributed by atoms with Crippen LogP contribution >= 0.6 is 23.2 Å². The Morgan fingerprint density at radius 2 is 0.844 bits per heavy atom. The van der Waals surface area contributed by atoms with Crippen molar-refractivity contribution in [2.45, 2.75) is 38.8 Å². The Kier molecular flexibility index (Phi) is 21.6. The molecule has 0 fully saturated rings. The third kappa shape index (κ3) is 15.9. The van der Waals surface area contributed by atoms with Gasteiger partial charge in [0, 0.05) is 0 Å². The molecule has 0 aliphatic rings. The van der Waals surface area contributed by atoms with Crippen molar-refractivity contribution in [3.05, 3.63) is 0 Å². The van der Waals surface area contributed by atoms with Crippen LogP contribution in [0.3, 0.4) is 0 Å². The predicted octanol–water partition coefficient (Wildman–Crippen LogP) is 0.557. The van der Waals surface area contributed by atoms with Gasteiger partial charge in [0.25, 0.3) is 0 Å². The van der Waals surface area contributed by atoms with Gasteiger partial charge in [-0.05, 0) is 27.7 Å². The Bertz CT molecular complexity index is 597. The molecule has 0 aromatic rings. The van der Waals surface area contributed by atoms with Gasteiger partial charge in [0.15, 0.2) is 12.6 Å². The van der Waals surface area contributed by atoms with Gasteiger partial charge < -0.3 is 38.5 Å². The van der Waals surface area contributed by atoms with Gasteiger partial charge in [0.1, 0.15) is 0 Å². The van der Waals surface area contributed by atoms with Gasteiger partial charge in [-0.25, -0.2) is 4.57 Å². The van der Waals surface area contributed by atoms with Crippen LogP contribution in [0, 0.1) is 0 Å². The number of carbonyl (C=O) groups excluding carboxylic acids is 2. The molecule has 5 N–H and O–H groups in total. The second-order valence-electron chi connectivity index (χ2n) is 4.71. The molecule has 0 bridgehead atoms. The summed E-state index contributed by atoms with van der Waals surface area (Å²) < 4.78 is 69.8. The van der Waals surface area contributed by atoms with Crippen LogP contribution in [-0.2, 0) is 41.4 Å². The summed E-state index contributed by atoms with van der Waals surface area (Å²) in [5.74, 6) is 0. The summed E-state index contributed by atoms with van der Waals surface area (Å²) in [6, 6.07) is 0. The Morgan fingerprint density at radius 1 is 0.688 bits per heavy atom. The van der Waals surface area contributed by atoms with E-state index in [0.717, 1.165) is 0 Å². The van der Waals surface area contributed by atoms with Crippen LogP contribution in [0.2, 0.25) is 0 Å². The van der Waals surface area contributed by atoms with Crippen LogP contribution < -0.4 is 0 Å². The zero-order valence-corrected chi connectivity index (χ0v) is 19.7. The predicted molar refractivity (Wildman–Crippen MR) is 107 cm³/mol. The molecule has 0 unspecified atom stereocenters. The number of rotatable bonds is 12. The molecule has 0 atom stereocenters.